The Hall–Kier alpha value is -4.77. The average Bonchev–Trinajstić information content (AvgIpc) is 3.62. The lowest BCUT2D eigenvalue weighted by molar-refractivity contribution is -0.146. The Morgan fingerprint density at radius 1 is 0.962 bits per heavy atom. The summed E-state index contributed by atoms with van der Waals surface area (Å²) in [6.45, 7) is 13.4. The molecule has 276 valence electrons. The summed E-state index contributed by atoms with van der Waals surface area (Å²) in [6.07, 6.45) is 4.42. The Labute approximate surface area is 306 Å². The predicted molar refractivity (Wildman–Crippen MR) is 201 cm³/mol. The normalized spacial score (nSPS) is 18.8. The van der Waals surface area contributed by atoms with Crippen molar-refractivity contribution < 1.29 is 23.9 Å². The molecule has 3 N–H and O–H groups in total. The summed E-state index contributed by atoms with van der Waals surface area (Å²) in [4.78, 5) is 62.6. The number of rotatable bonds is 10. The summed E-state index contributed by atoms with van der Waals surface area (Å²) >= 11 is 0. The van der Waals surface area contributed by atoms with E-state index in [1.807, 2.05) is 96.1 Å². The Morgan fingerprint density at radius 2 is 1.65 bits per heavy atom. The Morgan fingerprint density at radius 3 is 2.33 bits per heavy atom. The van der Waals surface area contributed by atoms with Crippen molar-refractivity contribution in [1.29, 1.82) is 0 Å². The van der Waals surface area contributed by atoms with E-state index in [0.717, 1.165) is 40.9 Å². The number of nitrogens with one attached hydrogen (secondary N) is 3. The second-order valence-electron chi connectivity index (χ2n) is 15.8. The van der Waals surface area contributed by atoms with Crippen molar-refractivity contribution in [3.05, 3.63) is 88.6 Å². The van der Waals surface area contributed by atoms with Crippen LogP contribution in [-0.2, 0) is 50.5 Å². The third-order valence-corrected chi connectivity index (χ3v) is 10.8. The van der Waals surface area contributed by atoms with Crippen molar-refractivity contribution in [3.8, 4) is 0 Å². The van der Waals surface area contributed by atoms with E-state index in [1.54, 1.807) is 16.0 Å². The second-order valence-corrected chi connectivity index (χ2v) is 15.8. The van der Waals surface area contributed by atoms with Gasteiger partial charge in [-0.2, -0.15) is 0 Å². The molecule has 1 fully saturated rings. The van der Waals surface area contributed by atoms with Crippen molar-refractivity contribution in [2.75, 3.05) is 30.3 Å². The van der Waals surface area contributed by atoms with Gasteiger partial charge in [-0.15, -0.1) is 0 Å². The first kappa shape index (κ1) is 37.0. The zero-order chi connectivity index (χ0) is 37.3. The molecule has 4 amide bonds. The topological polar surface area (TPSA) is 133 Å². The van der Waals surface area contributed by atoms with Gasteiger partial charge < -0.3 is 30.5 Å². The van der Waals surface area contributed by atoms with Gasteiger partial charge in [-0.1, -0.05) is 43.3 Å². The SMILES string of the molecule is CCC1(C(=O)N(CC(=O)Nc2ccc3c(c2)C[C@@]2(C3)C(=O)Nc3ncccc32)Cc2ccccc2CN(C(=O)OC(C)(C)C)C(C)C)CCNCC1. The molecule has 6 rings (SSSR count). The second kappa shape index (κ2) is 14.7. The highest BCUT2D eigenvalue weighted by atomic mass is 16.6. The van der Waals surface area contributed by atoms with Gasteiger partial charge in [0.2, 0.25) is 17.7 Å². The van der Waals surface area contributed by atoms with Crippen molar-refractivity contribution in [2.45, 2.75) is 104 Å². The first-order chi connectivity index (χ1) is 24.7. The van der Waals surface area contributed by atoms with Crippen LogP contribution in [0, 0.1) is 5.41 Å². The van der Waals surface area contributed by atoms with E-state index in [1.165, 1.54) is 0 Å². The molecular formula is C41H52N6O5. The van der Waals surface area contributed by atoms with Crippen LogP contribution >= 0.6 is 0 Å². The molecule has 52 heavy (non-hydrogen) atoms. The molecule has 1 aromatic heterocycles. The number of nitrogens with zero attached hydrogens (tertiary/aromatic N) is 3. The van der Waals surface area contributed by atoms with Crippen LogP contribution < -0.4 is 16.0 Å². The summed E-state index contributed by atoms with van der Waals surface area (Å²) in [5.74, 6) is 0.220. The standard InChI is InChI=1S/C41H52N6O5/c1-7-40(16-19-42-20-17-40)37(50)46(24-29-11-8-9-12-30(29)25-47(27(2)3)38(51)52-39(4,5)6)26-34(48)44-32-15-14-28-22-41(23-31(28)21-32)33-13-10-18-43-35(33)45-36(41)49/h8-15,18,21,27,42H,7,16-17,19-20,22-26H2,1-6H3,(H,44,48)(H,43,45,49)/t41-/m1/s1. The maximum absolute atomic E-state index is 14.6. The molecule has 0 radical (unpaired) electrons. The molecule has 1 saturated heterocycles. The van der Waals surface area contributed by atoms with Gasteiger partial charge in [0.05, 0.1) is 10.8 Å². The van der Waals surface area contributed by atoms with E-state index in [9.17, 15) is 19.2 Å². The average molecular weight is 709 g/mol. The van der Waals surface area contributed by atoms with E-state index in [0.29, 0.717) is 50.2 Å². The van der Waals surface area contributed by atoms with E-state index in [2.05, 4.69) is 20.9 Å². The van der Waals surface area contributed by atoms with Crippen molar-refractivity contribution in [2.24, 2.45) is 5.41 Å². The van der Waals surface area contributed by atoms with Gasteiger partial charge in [-0.3, -0.25) is 14.4 Å². The Kier molecular flexibility index (Phi) is 10.5. The van der Waals surface area contributed by atoms with Crippen LogP contribution in [0.5, 0.6) is 0 Å². The molecule has 0 saturated carbocycles. The quantitative estimate of drug-likeness (QED) is 0.237. The van der Waals surface area contributed by atoms with Crippen LogP contribution in [0.4, 0.5) is 16.3 Å². The van der Waals surface area contributed by atoms with E-state index in [-0.39, 0.29) is 36.9 Å². The van der Waals surface area contributed by atoms with Crippen LogP contribution in [-0.4, -0.2) is 69.9 Å². The fraction of sp³-hybridized carbons (Fsp3) is 0.488. The minimum atomic E-state index is -0.705. The first-order valence-corrected chi connectivity index (χ1v) is 18.5. The monoisotopic (exact) mass is 708 g/mol. The first-order valence-electron chi connectivity index (χ1n) is 18.5. The van der Waals surface area contributed by atoms with Gasteiger partial charge in [0, 0.05) is 36.6 Å². The molecule has 3 aliphatic rings. The number of hydrogen-bond donors (Lipinski definition) is 3. The van der Waals surface area contributed by atoms with Gasteiger partial charge in [-0.25, -0.2) is 9.78 Å². The Bertz CT molecular complexity index is 1840. The fourth-order valence-electron chi connectivity index (χ4n) is 7.91. The maximum atomic E-state index is 14.6. The largest absolute Gasteiger partial charge is 0.444 e. The lowest BCUT2D eigenvalue weighted by Crippen LogP contribution is -2.50. The van der Waals surface area contributed by atoms with Crippen LogP contribution in [0.1, 0.15) is 88.6 Å². The lowest BCUT2D eigenvalue weighted by atomic mass is 9.75. The molecule has 1 spiro atoms. The molecule has 2 aromatic carbocycles. The molecule has 1 aliphatic carbocycles. The number of piperidine rings is 1. The number of benzene rings is 2. The van der Waals surface area contributed by atoms with Crippen LogP contribution in [0.3, 0.4) is 0 Å². The number of carbonyl (C=O) groups excluding carboxylic acids is 4. The third-order valence-electron chi connectivity index (χ3n) is 10.8. The smallest absolute Gasteiger partial charge is 0.410 e. The number of ether oxygens (including phenoxy) is 1. The summed E-state index contributed by atoms with van der Waals surface area (Å²) in [5.41, 5.74) is 3.43. The minimum absolute atomic E-state index is 0.0373. The fourth-order valence-corrected chi connectivity index (χ4v) is 7.91. The van der Waals surface area contributed by atoms with Crippen molar-refractivity contribution >= 4 is 35.3 Å². The van der Waals surface area contributed by atoms with Crippen LogP contribution in [0.2, 0.25) is 0 Å². The van der Waals surface area contributed by atoms with Gasteiger partial charge in [0.15, 0.2) is 0 Å². The number of anilines is 2. The van der Waals surface area contributed by atoms with Gasteiger partial charge in [-0.05, 0) is 120 Å². The van der Waals surface area contributed by atoms with Crippen LogP contribution in [0.25, 0.3) is 0 Å². The van der Waals surface area contributed by atoms with Crippen molar-refractivity contribution in [1.82, 2.24) is 20.1 Å². The molecular weight excluding hydrogens is 656 g/mol. The number of amides is 4. The number of aromatic nitrogens is 1. The number of carbonyl (C=O) groups is 4. The zero-order valence-corrected chi connectivity index (χ0v) is 31.3. The minimum Gasteiger partial charge on any atom is -0.444 e. The molecule has 3 heterocycles. The summed E-state index contributed by atoms with van der Waals surface area (Å²) in [6, 6.07) is 17.3. The van der Waals surface area contributed by atoms with Gasteiger partial charge >= 0.3 is 6.09 Å². The lowest BCUT2D eigenvalue weighted by Gasteiger charge is -2.39. The molecule has 11 nitrogen and oxygen atoms in total. The van der Waals surface area contributed by atoms with Crippen LogP contribution in [0.15, 0.2) is 60.8 Å². The molecule has 3 aromatic rings. The van der Waals surface area contributed by atoms with Crippen molar-refractivity contribution in [3.63, 3.8) is 0 Å². The summed E-state index contributed by atoms with van der Waals surface area (Å²) in [7, 11) is 0. The zero-order valence-electron chi connectivity index (χ0n) is 31.3. The highest BCUT2D eigenvalue weighted by Gasteiger charge is 2.51. The van der Waals surface area contributed by atoms with Gasteiger partial charge in [0.1, 0.15) is 18.0 Å². The molecule has 0 unspecified atom stereocenters. The molecule has 0 bridgehead atoms. The van der Waals surface area contributed by atoms with E-state index in [4.69, 9.17) is 4.74 Å². The maximum Gasteiger partial charge on any atom is 0.410 e. The molecule has 2 aliphatic heterocycles. The summed E-state index contributed by atoms with van der Waals surface area (Å²) in [5, 5.41) is 9.38. The highest BCUT2D eigenvalue weighted by molar-refractivity contribution is 6.06. The number of fused-ring (bicyclic) bond motifs is 3. The third kappa shape index (κ3) is 7.55. The van der Waals surface area contributed by atoms with E-state index >= 15 is 0 Å². The van der Waals surface area contributed by atoms with E-state index < -0.39 is 22.5 Å². The van der Waals surface area contributed by atoms with Gasteiger partial charge in [0.25, 0.3) is 0 Å². The molecule has 11 heteroatoms. The number of pyridine rings is 1. The predicted octanol–water partition coefficient (Wildman–Crippen LogP) is 5.96. The Balaban J connectivity index is 1.23. The number of hydrogen-bond acceptors (Lipinski definition) is 7. The molecule has 1 atom stereocenters. The highest BCUT2D eigenvalue weighted by Crippen LogP contribution is 2.47. The summed E-state index contributed by atoms with van der Waals surface area (Å²) < 4.78 is 5.73.